The van der Waals surface area contributed by atoms with E-state index in [4.69, 9.17) is 15.9 Å². The van der Waals surface area contributed by atoms with Gasteiger partial charge in [-0.1, -0.05) is 18.2 Å². The zero-order valence-corrected chi connectivity index (χ0v) is 11.1. The van der Waals surface area contributed by atoms with Crippen molar-refractivity contribution in [3.8, 4) is 5.75 Å². The smallest absolute Gasteiger partial charge is 0.122 e. The number of piperidine rings is 1. The molecule has 3 rings (SSSR count). The standard InChI is InChI=1S/C15H21N3O/c16-15(17)11-5-7-18(8-6-11)9-12-10-19-14-4-2-1-3-13(12)14/h1-4,11-12H,5-10H2,(H3,16,17). The molecule has 0 amide bonds. The van der Waals surface area contributed by atoms with Crippen LogP contribution in [0.5, 0.6) is 5.75 Å². The van der Waals surface area contributed by atoms with Crippen LogP contribution in [0.2, 0.25) is 0 Å². The van der Waals surface area contributed by atoms with Crippen LogP contribution in [-0.2, 0) is 0 Å². The number of hydrogen-bond acceptors (Lipinski definition) is 3. The summed E-state index contributed by atoms with van der Waals surface area (Å²) in [6, 6.07) is 8.34. The second-order valence-electron chi connectivity index (χ2n) is 5.58. The van der Waals surface area contributed by atoms with Gasteiger partial charge >= 0.3 is 0 Å². The third kappa shape index (κ3) is 2.59. The van der Waals surface area contributed by atoms with Crippen LogP contribution in [0.4, 0.5) is 0 Å². The Labute approximate surface area is 114 Å². The van der Waals surface area contributed by atoms with Crippen LogP contribution in [0.25, 0.3) is 0 Å². The Morgan fingerprint density at radius 3 is 2.79 bits per heavy atom. The van der Waals surface area contributed by atoms with E-state index < -0.39 is 0 Å². The topological polar surface area (TPSA) is 62.3 Å². The third-order valence-electron chi connectivity index (χ3n) is 4.30. The molecule has 2 aliphatic heterocycles. The number of amidine groups is 1. The lowest BCUT2D eigenvalue weighted by atomic mass is 9.94. The minimum absolute atomic E-state index is 0.295. The molecule has 1 fully saturated rings. The van der Waals surface area contributed by atoms with E-state index in [0.717, 1.165) is 44.8 Å². The van der Waals surface area contributed by atoms with Crippen molar-refractivity contribution in [1.82, 2.24) is 4.90 Å². The normalized spacial score (nSPS) is 23.9. The lowest BCUT2D eigenvalue weighted by Gasteiger charge is -2.32. The minimum Gasteiger partial charge on any atom is -0.493 e. The highest BCUT2D eigenvalue weighted by molar-refractivity contribution is 5.79. The van der Waals surface area contributed by atoms with Gasteiger partial charge in [0, 0.05) is 23.9 Å². The lowest BCUT2D eigenvalue weighted by molar-refractivity contribution is 0.186. The SMILES string of the molecule is N=C(N)C1CCN(CC2COc3ccccc32)CC1. The Morgan fingerprint density at radius 2 is 2.05 bits per heavy atom. The van der Waals surface area contributed by atoms with Gasteiger partial charge in [-0.2, -0.15) is 0 Å². The number of ether oxygens (including phenoxy) is 1. The first-order valence-electron chi connectivity index (χ1n) is 7.02. The molecule has 4 nitrogen and oxygen atoms in total. The predicted octanol–water partition coefficient (Wildman–Crippen LogP) is 1.81. The number of hydrogen-bond donors (Lipinski definition) is 2. The van der Waals surface area contributed by atoms with Crippen molar-refractivity contribution < 1.29 is 4.74 Å². The maximum absolute atomic E-state index is 7.51. The molecule has 0 aromatic heterocycles. The number of para-hydroxylation sites is 1. The number of benzene rings is 1. The monoisotopic (exact) mass is 259 g/mol. The second kappa shape index (κ2) is 5.21. The molecule has 0 bridgehead atoms. The highest BCUT2D eigenvalue weighted by Gasteiger charge is 2.28. The molecule has 1 atom stereocenters. The summed E-state index contributed by atoms with van der Waals surface area (Å²) in [5.41, 5.74) is 6.93. The summed E-state index contributed by atoms with van der Waals surface area (Å²) in [5, 5.41) is 7.51. The summed E-state index contributed by atoms with van der Waals surface area (Å²) in [6.07, 6.45) is 2.04. The molecule has 1 unspecified atom stereocenters. The molecule has 102 valence electrons. The van der Waals surface area contributed by atoms with E-state index in [2.05, 4.69) is 23.1 Å². The highest BCUT2D eigenvalue weighted by atomic mass is 16.5. The summed E-state index contributed by atoms with van der Waals surface area (Å²) < 4.78 is 5.73. The number of rotatable bonds is 3. The Hall–Kier alpha value is -1.55. The molecule has 19 heavy (non-hydrogen) atoms. The summed E-state index contributed by atoms with van der Waals surface area (Å²) in [5.74, 6) is 2.19. The van der Waals surface area contributed by atoms with Crippen molar-refractivity contribution in [2.45, 2.75) is 18.8 Å². The van der Waals surface area contributed by atoms with Gasteiger partial charge in [0.25, 0.3) is 0 Å². The second-order valence-corrected chi connectivity index (χ2v) is 5.58. The van der Waals surface area contributed by atoms with Gasteiger partial charge in [-0.15, -0.1) is 0 Å². The van der Waals surface area contributed by atoms with Crippen LogP contribution in [0.1, 0.15) is 24.3 Å². The third-order valence-corrected chi connectivity index (χ3v) is 4.30. The highest BCUT2D eigenvalue weighted by Crippen LogP contribution is 2.34. The van der Waals surface area contributed by atoms with Crippen LogP contribution in [0.15, 0.2) is 24.3 Å². The molecule has 1 saturated heterocycles. The number of likely N-dealkylation sites (tertiary alicyclic amines) is 1. The fraction of sp³-hybridized carbons (Fsp3) is 0.533. The maximum atomic E-state index is 7.51. The van der Waals surface area contributed by atoms with Crippen LogP contribution in [-0.4, -0.2) is 37.0 Å². The van der Waals surface area contributed by atoms with E-state index in [0.29, 0.717) is 17.7 Å². The van der Waals surface area contributed by atoms with Gasteiger partial charge in [-0.3, -0.25) is 5.41 Å². The molecule has 4 heteroatoms. The fourth-order valence-corrected chi connectivity index (χ4v) is 3.12. The Kier molecular flexibility index (Phi) is 3.42. The van der Waals surface area contributed by atoms with Gasteiger partial charge < -0.3 is 15.4 Å². The first-order chi connectivity index (χ1) is 9.24. The van der Waals surface area contributed by atoms with Gasteiger partial charge in [0.05, 0.1) is 12.4 Å². The molecule has 1 aromatic rings. The first-order valence-corrected chi connectivity index (χ1v) is 7.02. The summed E-state index contributed by atoms with van der Waals surface area (Å²) in [6.45, 7) is 3.94. The number of nitrogens with zero attached hydrogens (tertiary/aromatic N) is 1. The molecule has 0 spiro atoms. The van der Waals surface area contributed by atoms with Crippen LogP contribution < -0.4 is 10.5 Å². The minimum atomic E-state index is 0.295. The maximum Gasteiger partial charge on any atom is 0.122 e. The van der Waals surface area contributed by atoms with Crippen LogP contribution in [0, 0.1) is 11.3 Å². The molecule has 3 N–H and O–H groups in total. The number of nitrogens with two attached hydrogens (primary N) is 1. The molecule has 2 heterocycles. The van der Waals surface area contributed by atoms with Crippen molar-refractivity contribution in [3.05, 3.63) is 29.8 Å². The molecule has 0 saturated carbocycles. The van der Waals surface area contributed by atoms with Gasteiger partial charge in [-0.25, -0.2) is 0 Å². The van der Waals surface area contributed by atoms with Crippen molar-refractivity contribution >= 4 is 5.84 Å². The zero-order valence-electron chi connectivity index (χ0n) is 11.1. The molecular formula is C15H21N3O. The van der Waals surface area contributed by atoms with E-state index >= 15 is 0 Å². The quantitative estimate of drug-likeness (QED) is 0.643. The largest absolute Gasteiger partial charge is 0.493 e. The molecule has 0 radical (unpaired) electrons. The van der Waals surface area contributed by atoms with E-state index in [1.807, 2.05) is 6.07 Å². The molecule has 2 aliphatic rings. The number of fused-ring (bicyclic) bond motifs is 1. The van der Waals surface area contributed by atoms with Crippen LogP contribution >= 0.6 is 0 Å². The van der Waals surface area contributed by atoms with Crippen molar-refractivity contribution in [3.63, 3.8) is 0 Å². The summed E-state index contributed by atoms with van der Waals surface area (Å²) in [4.78, 5) is 2.48. The summed E-state index contributed by atoms with van der Waals surface area (Å²) >= 11 is 0. The van der Waals surface area contributed by atoms with Crippen molar-refractivity contribution in [2.75, 3.05) is 26.2 Å². The molecule has 1 aromatic carbocycles. The predicted molar refractivity (Wildman–Crippen MR) is 75.8 cm³/mol. The number of nitrogens with one attached hydrogen (secondary N) is 1. The first kappa shape index (κ1) is 12.5. The van der Waals surface area contributed by atoms with Crippen molar-refractivity contribution in [2.24, 2.45) is 11.7 Å². The molecule has 0 aliphatic carbocycles. The van der Waals surface area contributed by atoms with Gasteiger partial charge in [0.2, 0.25) is 0 Å². The average molecular weight is 259 g/mol. The zero-order chi connectivity index (χ0) is 13.2. The van der Waals surface area contributed by atoms with Gasteiger partial charge in [-0.05, 0) is 32.0 Å². The molecular weight excluding hydrogens is 238 g/mol. The van der Waals surface area contributed by atoms with E-state index in [9.17, 15) is 0 Å². The van der Waals surface area contributed by atoms with Crippen LogP contribution in [0.3, 0.4) is 0 Å². The van der Waals surface area contributed by atoms with Gasteiger partial charge in [0.15, 0.2) is 0 Å². The summed E-state index contributed by atoms with van der Waals surface area (Å²) in [7, 11) is 0. The fourth-order valence-electron chi connectivity index (χ4n) is 3.12. The van der Waals surface area contributed by atoms with E-state index in [1.165, 1.54) is 5.56 Å². The Morgan fingerprint density at radius 1 is 1.32 bits per heavy atom. The van der Waals surface area contributed by atoms with Gasteiger partial charge in [0.1, 0.15) is 5.75 Å². The lowest BCUT2D eigenvalue weighted by Crippen LogP contribution is -2.40. The average Bonchev–Trinajstić information content (AvgIpc) is 2.83. The van der Waals surface area contributed by atoms with Crippen molar-refractivity contribution in [1.29, 1.82) is 5.41 Å². The Balaban J connectivity index is 1.58. The van der Waals surface area contributed by atoms with E-state index in [1.54, 1.807) is 0 Å². The Bertz CT molecular complexity index is 466. The van der Waals surface area contributed by atoms with E-state index in [-0.39, 0.29) is 0 Å².